The highest BCUT2D eigenvalue weighted by molar-refractivity contribution is 7.21. The van der Waals surface area contributed by atoms with Crippen molar-refractivity contribution >= 4 is 21.6 Å². The van der Waals surface area contributed by atoms with Crippen molar-refractivity contribution in [2.45, 2.75) is 6.92 Å². The van der Waals surface area contributed by atoms with Gasteiger partial charge in [0.25, 0.3) is 0 Å². The molecule has 0 aliphatic carbocycles. The molecule has 0 spiro atoms. The fourth-order valence-electron chi connectivity index (χ4n) is 1.54. The Morgan fingerprint density at radius 1 is 1.25 bits per heavy atom. The largest absolute Gasteiger partial charge is 0.264 e. The lowest BCUT2D eigenvalue weighted by molar-refractivity contribution is 1.22. The number of hydrogen-bond donors (Lipinski definition) is 0. The Morgan fingerprint density at radius 2 is 2.19 bits per heavy atom. The molecular formula is C12H9N3S. The van der Waals surface area contributed by atoms with E-state index in [0.29, 0.717) is 0 Å². The number of aryl methyl sites for hydroxylation is 1. The van der Waals surface area contributed by atoms with Crippen LogP contribution < -0.4 is 0 Å². The summed E-state index contributed by atoms with van der Waals surface area (Å²) in [6.07, 6.45) is 5.42. The Kier molecular flexibility index (Phi) is 2.15. The van der Waals surface area contributed by atoms with Gasteiger partial charge in [0.15, 0.2) is 0 Å². The van der Waals surface area contributed by atoms with Crippen molar-refractivity contribution in [1.82, 2.24) is 15.0 Å². The van der Waals surface area contributed by atoms with E-state index in [9.17, 15) is 0 Å². The molecule has 0 amide bonds. The van der Waals surface area contributed by atoms with Crippen LogP contribution in [0.25, 0.3) is 20.8 Å². The van der Waals surface area contributed by atoms with E-state index in [1.54, 1.807) is 17.5 Å². The van der Waals surface area contributed by atoms with Crippen LogP contribution in [0.1, 0.15) is 5.69 Å². The van der Waals surface area contributed by atoms with Crippen molar-refractivity contribution in [3.05, 3.63) is 42.5 Å². The average Bonchev–Trinajstić information content (AvgIpc) is 2.73. The molecule has 4 heteroatoms. The van der Waals surface area contributed by atoms with E-state index >= 15 is 0 Å². The molecule has 16 heavy (non-hydrogen) atoms. The summed E-state index contributed by atoms with van der Waals surface area (Å²) in [5, 5.41) is 0.996. The van der Waals surface area contributed by atoms with Gasteiger partial charge in [-0.3, -0.25) is 9.97 Å². The first-order valence-corrected chi connectivity index (χ1v) is 5.78. The third kappa shape index (κ3) is 1.57. The predicted molar refractivity (Wildman–Crippen MR) is 65.4 cm³/mol. The minimum absolute atomic E-state index is 0.953. The third-order valence-corrected chi connectivity index (χ3v) is 3.39. The molecule has 0 saturated carbocycles. The summed E-state index contributed by atoms with van der Waals surface area (Å²) in [4.78, 5) is 12.9. The second-order valence-electron chi connectivity index (χ2n) is 3.55. The standard InChI is InChI=1S/C12H9N3S/c1-8-5-11-10(7-14-8)15-12(16-11)9-3-2-4-13-6-9/h2-7H,1H3. The van der Waals surface area contributed by atoms with Crippen molar-refractivity contribution in [3.63, 3.8) is 0 Å². The fraction of sp³-hybridized carbons (Fsp3) is 0.0833. The van der Waals surface area contributed by atoms with Crippen LogP contribution >= 0.6 is 11.3 Å². The summed E-state index contributed by atoms with van der Waals surface area (Å²) in [6.45, 7) is 1.99. The van der Waals surface area contributed by atoms with Gasteiger partial charge < -0.3 is 0 Å². The van der Waals surface area contributed by atoms with E-state index < -0.39 is 0 Å². The van der Waals surface area contributed by atoms with Gasteiger partial charge in [0.1, 0.15) is 10.5 Å². The Morgan fingerprint density at radius 3 is 3.00 bits per heavy atom. The van der Waals surface area contributed by atoms with Crippen molar-refractivity contribution in [2.75, 3.05) is 0 Å². The molecule has 0 unspecified atom stereocenters. The SMILES string of the molecule is Cc1cc2sc(-c3cccnc3)nc2cn1. The summed E-state index contributed by atoms with van der Waals surface area (Å²) in [6, 6.07) is 6.00. The van der Waals surface area contributed by atoms with Gasteiger partial charge in [0.05, 0.1) is 10.9 Å². The number of pyridine rings is 2. The summed E-state index contributed by atoms with van der Waals surface area (Å²) in [7, 11) is 0. The summed E-state index contributed by atoms with van der Waals surface area (Å²) in [5.74, 6) is 0. The Labute approximate surface area is 96.8 Å². The zero-order valence-corrected chi connectivity index (χ0v) is 9.53. The minimum Gasteiger partial charge on any atom is -0.264 e. The second-order valence-corrected chi connectivity index (χ2v) is 4.58. The molecule has 0 aliphatic rings. The van der Waals surface area contributed by atoms with Crippen molar-refractivity contribution in [1.29, 1.82) is 0 Å². The molecule has 78 valence electrons. The maximum atomic E-state index is 4.54. The number of aromatic nitrogens is 3. The molecule has 0 bridgehead atoms. The van der Waals surface area contributed by atoms with Crippen LogP contribution in [0, 0.1) is 6.92 Å². The van der Waals surface area contributed by atoms with Crippen molar-refractivity contribution in [2.24, 2.45) is 0 Å². The molecule has 0 radical (unpaired) electrons. The predicted octanol–water partition coefficient (Wildman–Crippen LogP) is 3.06. The minimum atomic E-state index is 0.953. The van der Waals surface area contributed by atoms with E-state index in [-0.39, 0.29) is 0 Å². The summed E-state index contributed by atoms with van der Waals surface area (Å²) in [5.41, 5.74) is 3.03. The highest BCUT2D eigenvalue weighted by Crippen LogP contribution is 2.29. The summed E-state index contributed by atoms with van der Waals surface area (Å²) >= 11 is 1.67. The Hall–Kier alpha value is -1.81. The summed E-state index contributed by atoms with van der Waals surface area (Å²) < 4.78 is 1.17. The molecule has 3 nitrogen and oxygen atoms in total. The zero-order chi connectivity index (χ0) is 11.0. The van der Waals surface area contributed by atoms with Gasteiger partial charge in [-0.05, 0) is 25.1 Å². The van der Waals surface area contributed by atoms with Gasteiger partial charge in [-0.2, -0.15) is 0 Å². The lowest BCUT2D eigenvalue weighted by atomic mass is 10.3. The highest BCUT2D eigenvalue weighted by Gasteiger charge is 2.06. The van der Waals surface area contributed by atoms with Crippen LogP contribution in [0.15, 0.2) is 36.8 Å². The molecule has 0 atom stereocenters. The first-order valence-electron chi connectivity index (χ1n) is 4.96. The number of thiazole rings is 1. The molecule has 0 aromatic carbocycles. The molecule has 0 aliphatic heterocycles. The van der Waals surface area contributed by atoms with Crippen LogP contribution in [-0.4, -0.2) is 15.0 Å². The molecule has 3 rings (SSSR count). The van der Waals surface area contributed by atoms with Gasteiger partial charge in [-0.1, -0.05) is 0 Å². The first kappa shape index (κ1) is 9.42. The smallest absolute Gasteiger partial charge is 0.126 e. The van der Waals surface area contributed by atoms with Crippen LogP contribution in [-0.2, 0) is 0 Å². The van der Waals surface area contributed by atoms with Crippen LogP contribution in [0.2, 0.25) is 0 Å². The highest BCUT2D eigenvalue weighted by atomic mass is 32.1. The first-order chi connectivity index (χ1) is 7.83. The van der Waals surface area contributed by atoms with Crippen LogP contribution in [0.4, 0.5) is 0 Å². The molecule has 3 heterocycles. The van der Waals surface area contributed by atoms with E-state index in [1.165, 1.54) is 4.70 Å². The van der Waals surface area contributed by atoms with Crippen molar-refractivity contribution in [3.8, 4) is 10.6 Å². The van der Waals surface area contributed by atoms with E-state index in [4.69, 9.17) is 0 Å². The maximum Gasteiger partial charge on any atom is 0.126 e. The molecule has 0 fully saturated rings. The van der Waals surface area contributed by atoms with Gasteiger partial charge in [0.2, 0.25) is 0 Å². The van der Waals surface area contributed by atoms with Gasteiger partial charge in [-0.15, -0.1) is 11.3 Å². The second kappa shape index (κ2) is 3.64. The van der Waals surface area contributed by atoms with E-state index in [2.05, 4.69) is 21.0 Å². The quantitative estimate of drug-likeness (QED) is 0.641. The zero-order valence-electron chi connectivity index (χ0n) is 8.71. The molecular weight excluding hydrogens is 218 g/mol. The number of fused-ring (bicyclic) bond motifs is 1. The fourth-order valence-corrected chi connectivity index (χ4v) is 2.57. The lowest BCUT2D eigenvalue weighted by Crippen LogP contribution is -1.78. The maximum absolute atomic E-state index is 4.54. The van der Waals surface area contributed by atoms with Crippen molar-refractivity contribution < 1.29 is 0 Å². The number of nitrogens with zero attached hydrogens (tertiary/aromatic N) is 3. The van der Waals surface area contributed by atoms with Crippen LogP contribution in [0.5, 0.6) is 0 Å². The number of rotatable bonds is 1. The Balaban J connectivity index is 2.19. The van der Waals surface area contributed by atoms with Crippen LogP contribution in [0.3, 0.4) is 0 Å². The Bertz CT molecular complexity index is 631. The normalized spacial score (nSPS) is 10.8. The third-order valence-electron chi connectivity index (χ3n) is 2.32. The topological polar surface area (TPSA) is 38.7 Å². The van der Waals surface area contributed by atoms with E-state index in [0.717, 1.165) is 21.8 Å². The number of hydrogen-bond acceptors (Lipinski definition) is 4. The van der Waals surface area contributed by atoms with Gasteiger partial charge in [-0.25, -0.2) is 4.98 Å². The van der Waals surface area contributed by atoms with Gasteiger partial charge in [0, 0.05) is 23.7 Å². The molecule has 3 aromatic rings. The average molecular weight is 227 g/mol. The molecule has 0 saturated heterocycles. The monoisotopic (exact) mass is 227 g/mol. The van der Waals surface area contributed by atoms with E-state index in [1.807, 2.05) is 31.5 Å². The van der Waals surface area contributed by atoms with Gasteiger partial charge >= 0.3 is 0 Å². The lowest BCUT2D eigenvalue weighted by Gasteiger charge is -1.91. The molecule has 3 aromatic heterocycles. The molecule has 0 N–H and O–H groups in total.